The fourth-order valence-corrected chi connectivity index (χ4v) is 3.61. The predicted octanol–water partition coefficient (Wildman–Crippen LogP) is 4.16. The number of rotatable bonds is 2. The third-order valence-corrected chi connectivity index (χ3v) is 3.42. The van der Waals surface area contributed by atoms with Gasteiger partial charge in [0.1, 0.15) is 0 Å². The zero-order valence-corrected chi connectivity index (χ0v) is 10.4. The minimum absolute atomic E-state index is 0.303. The lowest BCUT2D eigenvalue weighted by Gasteiger charge is -2.38. The van der Waals surface area contributed by atoms with Crippen LogP contribution in [0.2, 0.25) is 0 Å². The number of thiol groups is 1. The van der Waals surface area contributed by atoms with Crippen molar-refractivity contribution in [2.24, 2.45) is 17.8 Å². The van der Waals surface area contributed by atoms with Crippen molar-refractivity contribution in [1.82, 2.24) is 0 Å². The molecule has 0 saturated heterocycles. The topological polar surface area (TPSA) is 0 Å². The zero-order chi connectivity index (χ0) is 10.1. The Morgan fingerprint density at radius 1 is 1.38 bits per heavy atom. The van der Waals surface area contributed by atoms with Crippen molar-refractivity contribution in [3.8, 4) is 0 Å². The van der Waals surface area contributed by atoms with E-state index in [2.05, 4.69) is 27.7 Å². The third kappa shape index (κ3) is 3.93. The van der Waals surface area contributed by atoms with Gasteiger partial charge in [-0.15, -0.1) is 0 Å². The van der Waals surface area contributed by atoms with Gasteiger partial charge in [-0.05, 0) is 43.4 Å². The molecule has 3 unspecified atom stereocenters. The molecule has 0 aromatic heterocycles. The molecule has 0 radical (unpaired) electrons. The molecule has 1 fully saturated rings. The van der Waals surface area contributed by atoms with Gasteiger partial charge < -0.3 is 0 Å². The van der Waals surface area contributed by atoms with Crippen LogP contribution < -0.4 is 0 Å². The molecule has 1 saturated carbocycles. The van der Waals surface area contributed by atoms with Crippen molar-refractivity contribution >= 4 is 12.6 Å². The van der Waals surface area contributed by atoms with Gasteiger partial charge in [0, 0.05) is 4.75 Å². The SMILES string of the molecule is CC(C)CC1CC(C)CC(C)(S)C1. The van der Waals surface area contributed by atoms with Crippen LogP contribution in [0, 0.1) is 17.8 Å². The van der Waals surface area contributed by atoms with Gasteiger partial charge in [0.2, 0.25) is 0 Å². The maximum absolute atomic E-state index is 4.76. The van der Waals surface area contributed by atoms with Gasteiger partial charge in [-0.3, -0.25) is 0 Å². The normalized spacial score (nSPS) is 41.1. The van der Waals surface area contributed by atoms with Gasteiger partial charge in [0.25, 0.3) is 0 Å². The van der Waals surface area contributed by atoms with Gasteiger partial charge in [0.15, 0.2) is 0 Å². The Kier molecular flexibility index (Phi) is 3.73. The van der Waals surface area contributed by atoms with Crippen LogP contribution in [-0.2, 0) is 0 Å². The molecule has 3 atom stereocenters. The molecule has 0 N–H and O–H groups in total. The summed E-state index contributed by atoms with van der Waals surface area (Å²) in [7, 11) is 0. The molecule has 0 nitrogen and oxygen atoms in total. The molecule has 0 heterocycles. The van der Waals surface area contributed by atoms with Crippen molar-refractivity contribution in [1.29, 1.82) is 0 Å². The van der Waals surface area contributed by atoms with E-state index in [0.717, 1.165) is 17.8 Å². The highest BCUT2D eigenvalue weighted by atomic mass is 32.1. The lowest BCUT2D eigenvalue weighted by molar-refractivity contribution is 0.216. The van der Waals surface area contributed by atoms with E-state index in [1.54, 1.807) is 0 Å². The first-order valence-electron chi connectivity index (χ1n) is 5.61. The highest BCUT2D eigenvalue weighted by Crippen LogP contribution is 2.41. The average molecular weight is 200 g/mol. The highest BCUT2D eigenvalue weighted by Gasteiger charge is 2.32. The summed E-state index contributed by atoms with van der Waals surface area (Å²) in [5.74, 6) is 2.64. The lowest BCUT2D eigenvalue weighted by atomic mass is 9.73. The summed E-state index contributed by atoms with van der Waals surface area (Å²) in [5.41, 5.74) is 0. The molecule has 1 heteroatoms. The minimum atomic E-state index is 0.303. The summed E-state index contributed by atoms with van der Waals surface area (Å²) in [5, 5.41) is 0. The monoisotopic (exact) mass is 200 g/mol. The van der Waals surface area contributed by atoms with E-state index < -0.39 is 0 Å². The van der Waals surface area contributed by atoms with Crippen LogP contribution in [0.5, 0.6) is 0 Å². The molecule has 0 bridgehead atoms. The van der Waals surface area contributed by atoms with Crippen molar-refractivity contribution < 1.29 is 0 Å². The summed E-state index contributed by atoms with van der Waals surface area (Å²) in [4.78, 5) is 0. The molecule has 0 amide bonds. The second kappa shape index (κ2) is 4.25. The molecule has 13 heavy (non-hydrogen) atoms. The highest BCUT2D eigenvalue weighted by molar-refractivity contribution is 7.81. The van der Waals surface area contributed by atoms with Crippen LogP contribution in [0.15, 0.2) is 0 Å². The van der Waals surface area contributed by atoms with E-state index in [4.69, 9.17) is 12.6 Å². The van der Waals surface area contributed by atoms with Crippen molar-refractivity contribution in [2.45, 2.75) is 58.1 Å². The molecule has 78 valence electrons. The number of hydrogen-bond donors (Lipinski definition) is 1. The quantitative estimate of drug-likeness (QED) is 0.636. The molecule has 0 aromatic rings. The molecule has 1 rings (SSSR count). The molecule has 1 aliphatic carbocycles. The number of hydrogen-bond acceptors (Lipinski definition) is 1. The fraction of sp³-hybridized carbons (Fsp3) is 1.00. The Labute approximate surface area is 88.9 Å². The van der Waals surface area contributed by atoms with Gasteiger partial charge >= 0.3 is 0 Å². The fourth-order valence-electron chi connectivity index (χ4n) is 3.04. The van der Waals surface area contributed by atoms with E-state index in [-0.39, 0.29) is 0 Å². The van der Waals surface area contributed by atoms with E-state index in [9.17, 15) is 0 Å². The van der Waals surface area contributed by atoms with Crippen LogP contribution in [-0.4, -0.2) is 4.75 Å². The first-order valence-corrected chi connectivity index (χ1v) is 6.06. The Morgan fingerprint density at radius 2 is 2.00 bits per heavy atom. The Bertz CT molecular complexity index is 159. The summed E-state index contributed by atoms with van der Waals surface area (Å²) in [6.07, 6.45) is 5.43. The van der Waals surface area contributed by atoms with Gasteiger partial charge in [-0.1, -0.05) is 27.7 Å². The molecular formula is C12H24S. The van der Waals surface area contributed by atoms with Crippen LogP contribution >= 0.6 is 12.6 Å². The Morgan fingerprint density at radius 3 is 2.46 bits per heavy atom. The second-order valence-electron chi connectivity index (χ2n) is 5.74. The van der Waals surface area contributed by atoms with Gasteiger partial charge in [0.05, 0.1) is 0 Å². The van der Waals surface area contributed by atoms with Crippen molar-refractivity contribution in [3.63, 3.8) is 0 Å². The summed E-state index contributed by atoms with van der Waals surface area (Å²) in [6, 6.07) is 0. The summed E-state index contributed by atoms with van der Waals surface area (Å²) < 4.78 is 0.303. The average Bonchev–Trinajstić information content (AvgIpc) is 1.78. The maximum Gasteiger partial charge on any atom is 0.0107 e. The smallest absolute Gasteiger partial charge is 0.0107 e. The first kappa shape index (κ1) is 11.4. The van der Waals surface area contributed by atoms with Crippen molar-refractivity contribution in [3.05, 3.63) is 0 Å². The second-order valence-corrected chi connectivity index (χ2v) is 6.82. The summed E-state index contributed by atoms with van der Waals surface area (Å²) >= 11 is 4.76. The lowest BCUT2D eigenvalue weighted by Crippen LogP contribution is -2.31. The summed E-state index contributed by atoms with van der Waals surface area (Å²) in [6.45, 7) is 9.34. The third-order valence-electron chi connectivity index (χ3n) is 3.06. The van der Waals surface area contributed by atoms with Crippen LogP contribution in [0.4, 0.5) is 0 Å². The molecular weight excluding hydrogens is 176 g/mol. The minimum Gasteiger partial charge on any atom is -0.173 e. The van der Waals surface area contributed by atoms with Crippen molar-refractivity contribution in [2.75, 3.05) is 0 Å². The van der Waals surface area contributed by atoms with Crippen LogP contribution in [0.1, 0.15) is 53.4 Å². The van der Waals surface area contributed by atoms with E-state index in [1.165, 1.54) is 25.7 Å². The maximum atomic E-state index is 4.76. The first-order chi connectivity index (χ1) is 5.89. The molecule has 0 aliphatic heterocycles. The van der Waals surface area contributed by atoms with E-state index >= 15 is 0 Å². The largest absolute Gasteiger partial charge is 0.173 e. The molecule has 1 aliphatic rings. The predicted molar refractivity (Wildman–Crippen MR) is 63.4 cm³/mol. The standard InChI is InChI=1S/C12H24S/c1-9(2)5-11-6-10(3)7-12(4,13)8-11/h9-11,13H,5-8H2,1-4H3. The van der Waals surface area contributed by atoms with Gasteiger partial charge in [-0.25, -0.2) is 0 Å². The Balaban J connectivity index is 2.48. The molecule has 0 spiro atoms. The zero-order valence-electron chi connectivity index (χ0n) is 9.51. The van der Waals surface area contributed by atoms with E-state index in [1.807, 2.05) is 0 Å². The Hall–Kier alpha value is 0.350. The van der Waals surface area contributed by atoms with Crippen LogP contribution in [0.3, 0.4) is 0 Å². The van der Waals surface area contributed by atoms with E-state index in [0.29, 0.717) is 4.75 Å². The molecule has 0 aromatic carbocycles. The van der Waals surface area contributed by atoms with Crippen LogP contribution in [0.25, 0.3) is 0 Å². The van der Waals surface area contributed by atoms with Gasteiger partial charge in [-0.2, -0.15) is 12.6 Å².